The highest BCUT2D eigenvalue weighted by Crippen LogP contribution is 2.29. The van der Waals surface area contributed by atoms with Gasteiger partial charge in [0.25, 0.3) is 0 Å². The Morgan fingerprint density at radius 2 is 2.04 bits per heavy atom. The van der Waals surface area contributed by atoms with Crippen LogP contribution in [0.5, 0.6) is 0 Å². The smallest absolute Gasteiger partial charge is 0.186 e. The van der Waals surface area contributed by atoms with Crippen LogP contribution in [-0.4, -0.2) is 79.6 Å². The third-order valence-corrected chi connectivity index (χ3v) is 6.00. The number of para-hydroxylation sites is 1. The Labute approximate surface area is 176 Å². The number of anilines is 1. The number of nitrogens with zero attached hydrogens (tertiary/aromatic N) is 3. The Balaban J connectivity index is 0.00000131. The van der Waals surface area contributed by atoms with E-state index in [0.717, 1.165) is 49.8 Å². The Morgan fingerprint density at radius 1 is 1.19 bits per heavy atom. The Kier molecular flexibility index (Phi) is 8.55. The van der Waals surface area contributed by atoms with Gasteiger partial charge in [-0.1, -0.05) is 23.5 Å². The van der Waals surface area contributed by atoms with E-state index < -0.39 is 5.60 Å². The molecule has 3 heterocycles. The predicted molar refractivity (Wildman–Crippen MR) is 116 cm³/mol. The number of halogens is 2. The van der Waals surface area contributed by atoms with Crippen molar-refractivity contribution in [3.8, 4) is 0 Å². The summed E-state index contributed by atoms with van der Waals surface area (Å²) in [6.45, 7) is 7.08. The van der Waals surface area contributed by atoms with E-state index in [0.29, 0.717) is 26.3 Å². The number of nitrogens with one attached hydrogen (secondary N) is 1. The molecule has 1 atom stereocenters. The maximum absolute atomic E-state index is 10.8. The largest absolute Gasteiger partial charge is 0.385 e. The predicted octanol–water partition coefficient (Wildman–Crippen LogP) is 2.00. The minimum atomic E-state index is -0.790. The summed E-state index contributed by atoms with van der Waals surface area (Å²) in [4.78, 5) is 9.54. The van der Waals surface area contributed by atoms with Crippen LogP contribution in [0.2, 0.25) is 0 Å². The molecule has 0 spiro atoms. The van der Waals surface area contributed by atoms with Crippen molar-refractivity contribution >= 4 is 51.5 Å². The van der Waals surface area contributed by atoms with Crippen LogP contribution in [-0.2, 0) is 4.74 Å². The summed E-state index contributed by atoms with van der Waals surface area (Å²) >= 11 is 1.77. The lowest BCUT2D eigenvalue weighted by Crippen LogP contribution is -2.52. The lowest BCUT2D eigenvalue weighted by atomic mass is 10.0. The number of aromatic nitrogens is 1. The van der Waals surface area contributed by atoms with E-state index in [4.69, 9.17) is 9.72 Å². The zero-order chi connectivity index (χ0) is 17.1. The van der Waals surface area contributed by atoms with Gasteiger partial charge in [0.1, 0.15) is 5.60 Å². The summed E-state index contributed by atoms with van der Waals surface area (Å²) in [6.07, 6.45) is 1.08. The van der Waals surface area contributed by atoms with Gasteiger partial charge in [-0.05, 0) is 18.6 Å². The van der Waals surface area contributed by atoms with Crippen molar-refractivity contribution < 1.29 is 9.84 Å². The van der Waals surface area contributed by atoms with Gasteiger partial charge in [0.2, 0.25) is 0 Å². The molecule has 152 valence electrons. The van der Waals surface area contributed by atoms with Gasteiger partial charge < -0.3 is 20.1 Å². The molecule has 1 aromatic heterocycles. The molecule has 2 fully saturated rings. The second kappa shape index (κ2) is 10.2. The van der Waals surface area contributed by atoms with Crippen molar-refractivity contribution in [2.45, 2.75) is 12.0 Å². The summed E-state index contributed by atoms with van der Waals surface area (Å²) in [5, 5.41) is 15.2. The van der Waals surface area contributed by atoms with Gasteiger partial charge in [-0.15, -0.1) is 24.8 Å². The van der Waals surface area contributed by atoms with E-state index in [1.165, 1.54) is 4.70 Å². The molecule has 4 rings (SSSR count). The molecule has 0 aliphatic carbocycles. The van der Waals surface area contributed by atoms with Crippen molar-refractivity contribution in [2.24, 2.45) is 0 Å². The number of ether oxygens (including phenoxy) is 1. The van der Waals surface area contributed by atoms with Crippen LogP contribution >= 0.6 is 36.2 Å². The molecule has 1 aromatic carbocycles. The topological polar surface area (TPSA) is 60.9 Å². The average Bonchev–Trinajstić information content (AvgIpc) is 2.75. The number of benzene rings is 1. The minimum Gasteiger partial charge on any atom is -0.385 e. The van der Waals surface area contributed by atoms with E-state index >= 15 is 0 Å². The Bertz CT molecular complexity index is 676. The molecule has 2 saturated heterocycles. The summed E-state index contributed by atoms with van der Waals surface area (Å²) in [5.74, 6) is 0. The van der Waals surface area contributed by atoms with Gasteiger partial charge in [0, 0.05) is 45.8 Å². The first-order valence-corrected chi connectivity index (χ1v) is 9.87. The van der Waals surface area contributed by atoms with Gasteiger partial charge in [-0.3, -0.25) is 4.90 Å². The molecule has 0 radical (unpaired) electrons. The fourth-order valence-corrected chi connectivity index (χ4v) is 4.63. The third-order valence-electron chi connectivity index (χ3n) is 4.91. The summed E-state index contributed by atoms with van der Waals surface area (Å²) in [5.41, 5.74) is 0.293. The Morgan fingerprint density at radius 3 is 2.89 bits per heavy atom. The fraction of sp³-hybridized carbons (Fsp3) is 0.611. The second-order valence-corrected chi connectivity index (χ2v) is 8.04. The summed E-state index contributed by atoms with van der Waals surface area (Å²) in [7, 11) is 0. The average molecular weight is 435 g/mol. The van der Waals surface area contributed by atoms with Crippen molar-refractivity contribution in [1.29, 1.82) is 0 Å². The molecule has 1 unspecified atom stereocenters. The first kappa shape index (κ1) is 22.6. The number of aliphatic hydroxyl groups is 1. The van der Waals surface area contributed by atoms with E-state index in [2.05, 4.69) is 33.3 Å². The maximum atomic E-state index is 10.8. The van der Waals surface area contributed by atoms with Crippen LogP contribution in [0.25, 0.3) is 10.2 Å². The highest BCUT2D eigenvalue weighted by Gasteiger charge is 2.32. The number of fused-ring (bicyclic) bond motifs is 1. The van der Waals surface area contributed by atoms with Gasteiger partial charge in [0.05, 0.1) is 23.4 Å². The van der Waals surface area contributed by atoms with Crippen LogP contribution in [0, 0.1) is 0 Å². The normalized spacial score (nSPS) is 24.6. The molecule has 2 aliphatic rings. The van der Waals surface area contributed by atoms with Gasteiger partial charge in [-0.2, -0.15) is 0 Å². The SMILES string of the molecule is Cl.Cl.OC1(CN2CCCN(c3nc4ccccc4s3)CC2)CNCCOC1. The zero-order valence-corrected chi connectivity index (χ0v) is 17.8. The monoisotopic (exact) mass is 434 g/mol. The van der Waals surface area contributed by atoms with Crippen molar-refractivity contribution in [3.63, 3.8) is 0 Å². The van der Waals surface area contributed by atoms with E-state index in [-0.39, 0.29) is 24.8 Å². The van der Waals surface area contributed by atoms with Crippen molar-refractivity contribution in [1.82, 2.24) is 15.2 Å². The molecule has 9 heteroatoms. The number of β-amino-alcohol motifs (C(OH)–C–C–N with tert-alkyl or cyclic N) is 1. The molecular formula is C18H28Cl2N4O2S. The lowest BCUT2D eigenvalue weighted by molar-refractivity contribution is -0.0479. The van der Waals surface area contributed by atoms with Crippen LogP contribution in [0.15, 0.2) is 24.3 Å². The fourth-order valence-electron chi connectivity index (χ4n) is 3.61. The van der Waals surface area contributed by atoms with Crippen LogP contribution in [0.3, 0.4) is 0 Å². The zero-order valence-electron chi connectivity index (χ0n) is 15.3. The van der Waals surface area contributed by atoms with Crippen LogP contribution in [0.4, 0.5) is 5.13 Å². The van der Waals surface area contributed by atoms with Crippen molar-refractivity contribution in [3.05, 3.63) is 24.3 Å². The number of hydrogen-bond acceptors (Lipinski definition) is 7. The van der Waals surface area contributed by atoms with Crippen LogP contribution in [0.1, 0.15) is 6.42 Å². The standard InChI is InChI=1S/C18H26N4O2S.2ClH/c23-18(12-19-6-11-24-14-18)13-21-7-3-8-22(10-9-21)17-20-15-4-1-2-5-16(15)25-17;;/h1-2,4-5,19,23H,3,6-14H2;2*1H. The highest BCUT2D eigenvalue weighted by molar-refractivity contribution is 7.22. The van der Waals surface area contributed by atoms with Crippen molar-refractivity contribution in [2.75, 3.05) is 63.9 Å². The molecule has 27 heavy (non-hydrogen) atoms. The highest BCUT2D eigenvalue weighted by atomic mass is 35.5. The van der Waals surface area contributed by atoms with Gasteiger partial charge >= 0.3 is 0 Å². The van der Waals surface area contributed by atoms with E-state index in [1.54, 1.807) is 11.3 Å². The number of rotatable bonds is 3. The summed E-state index contributed by atoms with van der Waals surface area (Å²) < 4.78 is 6.79. The van der Waals surface area contributed by atoms with Gasteiger partial charge in [0.15, 0.2) is 5.13 Å². The quantitative estimate of drug-likeness (QED) is 0.769. The molecule has 2 N–H and O–H groups in total. The maximum Gasteiger partial charge on any atom is 0.186 e. The molecule has 0 saturated carbocycles. The van der Waals surface area contributed by atoms with Gasteiger partial charge in [-0.25, -0.2) is 4.98 Å². The molecule has 6 nitrogen and oxygen atoms in total. The number of hydrogen-bond donors (Lipinski definition) is 2. The summed E-state index contributed by atoms with van der Waals surface area (Å²) in [6, 6.07) is 8.32. The third kappa shape index (κ3) is 5.67. The molecular weight excluding hydrogens is 407 g/mol. The second-order valence-electron chi connectivity index (χ2n) is 7.03. The number of thiazole rings is 1. The molecule has 0 bridgehead atoms. The van der Waals surface area contributed by atoms with E-state index in [9.17, 15) is 5.11 Å². The van der Waals surface area contributed by atoms with Crippen LogP contribution < -0.4 is 10.2 Å². The molecule has 0 amide bonds. The minimum absolute atomic E-state index is 0. The molecule has 2 aliphatic heterocycles. The first-order valence-electron chi connectivity index (χ1n) is 9.06. The lowest BCUT2D eigenvalue weighted by Gasteiger charge is -2.32. The molecule has 2 aromatic rings. The first-order chi connectivity index (χ1) is 12.2. The van der Waals surface area contributed by atoms with E-state index in [1.807, 2.05) is 6.07 Å². The Hall–Kier alpha value is -0.670.